The van der Waals surface area contributed by atoms with Crippen LogP contribution in [-0.4, -0.2) is 23.5 Å². The van der Waals surface area contributed by atoms with Crippen molar-refractivity contribution in [3.8, 4) is 0 Å². The second-order valence-corrected chi connectivity index (χ2v) is 2.59. The van der Waals surface area contributed by atoms with Gasteiger partial charge in [0.1, 0.15) is 0 Å². The number of alkyl carbamates (subject to hydrolysis) is 1. The number of nitrogens with one attached hydrogen (secondary N) is 1. The molecule has 0 radical (unpaired) electrons. The highest BCUT2D eigenvalue weighted by molar-refractivity contribution is 6.65. The third-order valence-corrected chi connectivity index (χ3v) is 1.70. The third kappa shape index (κ3) is 1.07. The summed E-state index contributed by atoms with van der Waals surface area (Å²) in [6, 6.07) is 0. The zero-order valence-electron chi connectivity index (χ0n) is 5.31. The number of hydrogen-bond donors (Lipinski definition) is 1. The fraction of sp³-hybridized carbons (Fsp3) is 0.600. The van der Waals surface area contributed by atoms with Crippen molar-refractivity contribution in [3.05, 3.63) is 0 Å². The van der Waals surface area contributed by atoms with Gasteiger partial charge in [-0.1, -0.05) is 0 Å². The van der Waals surface area contributed by atoms with Crippen LogP contribution in [0.4, 0.5) is 4.79 Å². The standard InChI is InChI=1S/C5H6ClNO3/c1-5(3(6)8)2-7-4(9)10-5/h2H2,1H3,(H,7,9). The Bertz CT molecular complexity index is 193. The summed E-state index contributed by atoms with van der Waals surface area (Å²) < 4.78 is 4.58. The van der Waals surface area contributed by atoms with Crippen molar-refractivity contribution >= 4 is 22.9 Å². The number of ether oxygens (including phenoxy) is 1. The fourth-order valence-corrected chi connectivity index (χ4v) is 0.733. The average molecular weight is 164 g/mol. The molecule has 1 rings (SSSR count). The van der Waals surface area contributed by atoms with Crippen LogP contribution in [0.15, 0.2) is 0 Å². The van der Waals surface area contributed by atoms with Crippen molar-refractivity contribution in [2.45, 2.75) is 12.5 Å². The predicted octanol–water partition coefficient (Wildman–Crippen LogP) is 0.250. The summed E-state index contributed by atoms with van der Waals surface area (Å²) in [5.41, 5.74) is -1.17. The van der Waals surface area contributed by atoms with Crippen LogP contribution in [0.3, 0.4) is 0 Å². The molecule has 0 aromatic carbocycles. The zero-order chi connectivity index (χ0) is 7.78. The number of rotatable bonds is 1. The van der Waals surface area contributed by atoms with E-state index in [-0.39, 0.29) is 6.54 Å². The van der Waals surface area contributed by atoms with E-state index in [1.165, 1.54) is 6.92 Å². The average Bonchev–Trinajstić information content (AvgIpc) is 2.13. The second-order valence-electron chi connectivity index (χ2n) is 2.25. The maximum absolute atomic E-state index is 10.6. The monoisotopic (exact) mass is 163 g/mol. The minimum atomic E-state index is -1.17. The van der Waals surface area contributed by atoms with Gasteiger partial charge >= 0.3 is 6.09 Å². The summed E-state index contributed by atoms with van der Waals surface area (Å²) in [6.45, 7) is 1.61. The highest BCUT2D eigenvalue weighted by Gasteiger charge is 2.41. The van der Waals surface area contributed by atoms with Gasteiger partial charge < -0.3 is 10.1 Å². The van der Waals surface area contributed by atoms with Crippen molar-refractivity contribution in [2.75, 3.05) is 6.54 Å². The van der Waals surface area contributed by atoms with Gasteiger partial charge in [-0.25, -0.2) is 4.79 Å². The molecule has 0 spiro atoms. The molecule has 0 bridgehead atoms. The summed E-state index contributed by atoms with van der Waals surface area (Å²) in [5.74, 6) is 0. The van der Waals surface area contributed by atoms with E-state index >= 15 is 0 Å². The van der Waals surface area contributed by atoms with Gasteiger partial charge in [-0.3, -0.25) is 4.79 Å². The molecule has 10 heavy (non-hydrogen) atoms. The van der Waals surface area contributed by atoms with Crippen molar-refractivity contribution in [1.29, 1.82) is 0 Å². The normalized spacial score (nSPS) is 31.2. The molecule has 1 aliphatic heterocycles. The Labute approximate surface area is 62.5 Å². The lowest BCUT2D eigenvalue weighted by molar-refractivity contribution is -0.124. The van der Waals surface area contributed by atoms with E-state index in [2.05, 4.69) is 10.1 Å². The Kier molecular flexibility index (Phi) is 1.56. The highest BCUT2D eigenvalue weighted by atomic mass is 35.5. The summed E-state index contributed by atoms with van der Waals surface area (Å²) in [5, 5.41) is 1.66. The number of carbonyl (C=O) groups excluding carboxylic acids is 2. The Morgan fingerprint density at radius 3 is 2.70 bits per heavy atom. The van der Waals surface area contributed by atoms with Gasteiger partial charge in [-0.2, -0.15) is 0 Å². The van der Waals surface area contributed by atoms with Gasteiger partial charge in [0.05, 0.1) is 6.54 Å². The van der Waals surface area contributed by atoms with Crippen LogP contribution in [0.5, 0.6) is 0 Å². The molecule has 1 atom stereocenters. The molecule has 1 fully saturated rings. The summed E-state index contributed by atoms with van der Waals surface area (Å²) >= 11 is 5.13. The summed E-state index contributed by atoms with van der Waals surface area (Å²) in [6.07, 6.45) is -0.600. The lowest BCUT2D eigenvalue weighted by Gasteiger charge is -2.13. The zero-order valence-corrected chi connectivity index (χ0v) is 6.07. The van der Waals surface area contributed by atoms with Crippen LogP contribution in [0.25, 0.3) is 0 Å². The van der Waals surface area contributed by atoms with E-state index in [4.69, 9.17) is 11.6 Å². The van der Waals surface area contributed by atoms with Crippen LogP contribution in [-0.2, 0) is 9.53 Å². The first kappa shape index (κ1) is 7.34. The SMILES string of the molecule is CC1(C(=O)Cl)CNC(=O)O1. The minimum absolute atomic E-state index is 0.147. The van der Waals surface area contributed by atoms with Gasteiger partial charge in [0.15, 0.2) is 0 Å². The number of halogens is 1. The molecule has 4 nitrogen and oxygen atoms in total. The topological polar surface area (TPSA) is 55.4 Å². The second kappa shape index (κ2) is 2.12. The first-order chi connectivity index (χ1) is 4.54. The quantitative estimate of drug-likeness (QED) is 0.564. The number of amides is 1. The first-order valence-corrected chi connectivity index (χ1v) is 3.09. The van der Waals surface area contributed by atoms with E-state index < -0.39 is 16.9 Å². The smallest absolute Gasteiger partial charge is 0.408 e. The molecule has 1 saturated heterocycles. The molecule has 0 saturated carbocycles. The molecular weight excluding hydrogens is 158 g/mol. The van der Waals surface area contributed by atoms with Crippen LogP contribution in [0, 0.1) is 0 Å². The van der Waals surface area contributed by atoms with Gasteiger partial charge in [-0.15, -0.1) is 0 Å². The molecule has 56 valence electrons. The van der Waals surface area contributed by atoms with Gasteiger partial charge in [0, 0.05) is 0 Å². The van der Waals surface area contributed by atoms with E-state index in [1.54, 1.807) is 0 Å². The van der Waals surface area contributed by atoms with Crippen LogP contribution >= 0.6 is 11.6 Å². The van der Waals surface area contributed by atoms with Crippen molar-refractivity contribution in [1.82, 2.24) is 5.32 Å². The molecule has 1 amide bonds. The van der Waals surface area contributed by atoms with E-state index in [1.807, 2.05) is 0 Å². The van der Waals surface area contributed by atoms with Crippen molar-refractivity contribution in [2.24, 2.45) is 0 Å². The Morgan fingerprint density at radius 1 is 1.90 bits per heavy atom. The molecule has 1 N–H and O–H groups in total. The van der Waals surface area contributed by atoms with E-state index in [0.717, 1.165) is 0 Å². The molecule has 0 aliphatic carbocycles. The maximum atomic E-state index is 10.6. The van der Waals surface area contributed by atoms with Crippen LogP contribution < -0.4 is 5.32 Å². The maximum Gasteiger partial charge on any atom is 0.408 e. The van der Waals surface area contributed by atoms with E-state index in [0.29, 0.717) is 0 Å². The Morgan fingerprint density at radius 2 is 2.50 bits per heavy atom. The minimum Gasteiger partial charge on any atom is -0.432 e. The van der Waals surface area contributed by atoms with Crippen molar-refractivity contribution in [3.63, 3.8) is 0 Å². The van der Waals surface area contributed by atoms with Gasteiger partial charge in [0.2, 0.25) is 5.60 Å². The number of carbonyl (C=O) groups is 2. The molecule has 1 heterocycles. The van der Waals surface area contributed by atoms with Crippen LogP contribution in [0.1, 0.15) is 6.92 Å². The Balaban J connectivity index is 2.72. The number of hydrogen-bond acceptors (Lipinski definition) is 3. The lowest BCUT2D eigenvalue weighted by Crippen LogP contribution is -2.35. The van der Waals surface area contributed by atoms with Gasteiger partial charge in [-0.05, 0) is 18.5 Å². The van der Waals surface area contributed by atoms with Gasteiger partial charge in [0.25, 0.3) is 5.24 Å². The summed E-state index contributed by atoms with van der Waals surface area (Å²) in [4.78, 5) is 21.0. The fourth-order valence-electron chi connectivity index (χ4n) is 0.627. The third-order valence-electron chi connectivity index (χ3n) is 1.30. The van der Waals surface area contributed by atoms with E-state index in [9.17, 15) is 9.59 Å². The number of cyclic esters (lactones) is 1. The molecule has 0 aromatic heterocycles. The Hall–Kier alpha value is -0.770. The highest BCUT2D eigenvalue weighted by Crippen LogP contribution is 2.17. The molecular formula is C5H6ClNO3. The van der Waals surface area contributed by atoms with Crippen LogP contribution in [0.2, 0.25) is 0 Å². The molecule has 1 aliphatic rings. The first-order valence-electron chi connectivity index (χ1n) is 2.71. The predicted molar refractivity (Wildman–Crippen MR) is 33.7 cm³/mol. The molecule has 0 aromatic rings. The molecule has 5 heteroatoms. The largest absolute Gasteiger partial charge is 0.432 e. The summed E-state index contributed by atoms with van der Waals surface area (Å²) in [7, 11) is 0. The van der Waals surface area contributed by atoms with Crippen molar-refractivity contribution < 1.29 is 14.3 Å². The molecule has 1 unspecified atom stereocenters. The lowest BCUT2D eigenvalue weighted by atomic mass is 10.1.